The van der Waals surface area contributed by atoms with Crippen LogP contribution in [0, 0.1) is 0 Å². The number of nitrogens with zero attached hydrogens (tertiary/aromatic N) is 1. The van der Waals surface area contributed by atoms with Crippen LogP contribution < -0.4 is 16.0 Å². The first kappa shape index (κ1) is 11.0. The molecule has 0 saturated heterocycles. The molecule has 0 aliphatic carbocycles. The SMILES string of the molecule is [B]NC(=O)NC1NN=C(C(F)(F)F)S1. The highest BCUT2D eigenvalue weighted by atomic mass is 32.2. The Balaban J connectivity index is 2.43. The van der Waals surface area contributed by atoms with Gasteiger partial charge in [-0.2, -0.15) is 18.3 Å². The summed E-state index contributed by atoms with van der Waals surface area (Å²) in [6.07, 6.45) is -4.51. The quantitative estimate of drug-likeness (QED) is 0.543. The van der Waals surface area contributed by atoms with Gasteiger partial charge >= 0.3 is 12.2 Å². The van der Waals surface area contributed by atoms with Gasteiger partial charge in [-0.3, -0.25) is 10.2 Å². The highest BCUT2D eigenvalue weighted by Crippen LogP contribution is 2.29. The van der Waals surface area contributed by atoms with Gasteiger partial charge < -0.3 is 10.5 Å². The first-order chi connectivity index (χ1) is 6.43. The minimum absolute atomic E-state index is 0.348. The molecule has 0 aromatic carbocycles. The van der Waals surface area contributed by atoms with Crippen LogP contribution in [-0.2, 0) is 0 Å². The second-order valence-electron chi connectivity index (χ2n) is 2.16. The monoisotopic (exact) mass is 224 g/mol. The van der Waals surface area contributed by atoms with Crippen molar-refractivity contribution in [3.05, 3.63) is 0 Å². The van der Waals surface area contributed by atoms with Crippen molar-refractivity contribution in [1.82, 2.24) is 16.0 Å². The molecule has 1 aliphatic rings. The predicted molar refractivity (Wildman–Crippen MR) is 45.4 cm³/mol. The fourth-order valence-electron chi connectivity index (χ4n) is 0.634. The molecule has 1 atom stereocenters. The number of urea groups is 1. The number of carbonyl (C=O) groups is 1. The van der Waals surface area contributed by atoms with Gasteiger partial charge in [0.25, 0.3) is 0 Å². The number of thioether (sulfide) groups is 1. The van der Waals surface area contributed by atoms with Crippen LogP contribution in [0.25, 0.3) is 0 Å². The largest absolute Gasteiger partial charge is 0.441 e. The molecule has 0 bridgehead atoms. The van der Waals surface area contributed by atoms with E-state index in [1.54, 1.807) is 5.23 Å². The molecule has 3 N–H and O–H groups in total. The molecule has 1 aliphatic heterocycles. The number of nitrogens with one attached hydrogen (secondary N) is 3. The van der Waals surface area contributed by atoms with Crippen molar-refractivity contribution in [3.63, 3.8) is 0 Å². The molecular formula is C4H4BF3N4OS. The van der Waals surface area contributed by atoms with Gasteiger partial charge in [0.1, 0.15) is 0 Å². The third kappa shape index (κ3) is 2.72. The normalized spacial score (nSPS) is 21.1. The van der Waals surface area contributed by atoms with Crippen molar-refractivity contribution < 1.29 is 18.0 Å². The van der Waals surface area contributed by atoms with E-state index in [-0.39, 0.29) is 0 Å². The number of hydrogen-bond donors (Lipinski definition) is 3. The van der Waals surface area contributed by atoms with E-state index in [0.29, 0.717) is 11.8 Å². The summed E-state index contributed by atoms with van der Waals surface area (Å²) in [5.74, 6) is 0. The van der Waals surface area contributed by atoms with Crippen molar-refractivity contribution in [2.45, 2.75) is 11.7 Å². The fourth-order valence-corrected chi connectivity index (χ4v) is 1.37. The molecule has 0 spiro atoms. The van der Waals surface area contributed by atoms with Crippen molar-refractivity contribution in [3.8, 4) is 0 Å². The summed E-state index contributed by atoms with van der Waals surface area (Å²) in [5.41, 5.74) is 1.12. The van der Waals surface area contributed by atoms with Crippen molar-refractivity contribution in [2.75, 3.05) is 0 Å². The molecule has 2 radical (unpaired) electrons. The van der Waals surface area contributed by atoms with Gasteiger partial charge in [-0.1, -0.05) is 11.8 Å². The van der Waals surface area contributed by atoms with E-state index >= 15 is 0 Å². The zero-order chi connectivity index (χ0) is 10.8. The van der Waals surface area contributed by atoms with Gasteiger partial charge in [0.15, 0.2) is 5.50 Å². The van der Waals surface area contributed by atoms with Gasteiger partial charge in [0.2, 0.25) is 13.0 Å². The molecule has 1 rings (SSSR count). The minimum atomic E-state index is -4.51. The molecular weight excluding hydrogens is 220 g/mol. The molecule has 76 valence electrons. The van der Waals surface area contributed by atoms with Gasteiger partial charge in [-0.25, -0.2) is 0 Å². The van der Waals surface area contributed by atoms with E-state index in [0.717, 1.165) is 0 Å². The van der Waals surface area contributed by atoms with Crippen molar-refractivity contribution in [1.29, 1.82) is 0 Å². The average Bonchev–Trinajstić information content (AvgIpc) is 2.51. The molecule has 0 aromatic heterocycles. The summed E-state index contributed by atoms with van der Waals surface area (Å²) in [4.78, 5) is 10.6. The zero-order valence-electron chi connectivity index (χ0n) is 6.55. The number of hydrogen-bond acceptors (Lipinski definition) is 4. The van der Waals surface area contributed by atoms with Crippen LogP contribution in [0.4, 0.5) is 18.0 Å². The lowest BCUT2D eigenvalue weighted by Gasteiger charge is -2.11. The number of amides is 2. The van der Waals surface area contributed by atoms with Crippen molar-refractivity contribution in [2.24, 2.45) is 5.10 Å². The van der Waals surface area contributed by atoms with E-state index in [1.807, 2.05) is 0 Å². The molecule has 2 amide bonds. The van der Waals surface area contributed by atoms with Crippen LogP contribution in [0.5, 0.6) is 0 Å². The van der Waals surface area contributed by atoms with Crippen LogP contribution in [0.2, 0.25) is 0 Å². The van der Waals surface area contributed by atoms with E-state index in [1.165, 1.54) is 0 Å². The average molecular weight is 224 g/mol. The summed E-state index contributed by atoms with van der Waals surface area (Å²) >= 11 is 0.348. The number of halogens is 3. The molecule has 0 saturated carbocycles. The first-order valence-electron chi connectivity index (χ1n) is 3.27. The van der Waals surface area contributed by atoms with Gasteiger partial charge in [-0.05, 0) is 0 Å². The molecule has 14 heavy (non-hydrogen) atoms. The summed E-state index contributed by atoms with van der Waals surface area (Å²) in [7, 11) is 4.71. The fraction of sp³-hybridized carbons (Fsp3) is 0.500. The van der Waals surface area contributed by atoms with Crippen LogP contribution >= 0.6 is 11.8 Å². The Labute approximate surface area is 82.3 Å². The minimum Gasteiger partial charge on any atom is -0.392 e. The Kier molecular flexibility index (Phi) is 3.14. The maximum Gasteiger partial charge on any atom is 0.441 e. The highest BCUT2D eigenvalue weighted by Gasteiger charge is 2.41. The summed E-state index contributed by atoms with van der Waals surface area (Å²) < 4.78 is 36.0. The van der Waals surface area contributed by atoms with E-state index in [9.17, 15) is 18.0 Å². The van der Waals surface area contributed by atoms with Crippen LogP contribution in [0.15, 0.2) is 5.10 Å². The topological polar surface area (TPSA) is 65.5 Å². The van der Waals surface area contributed by atoms with E-state index in [2.05, 4.69) is 15.8 Å². The molecule has 1 unspecified atom stereocenters. The summed E-state index contributed by atoms with van der Waals surface area (Å²) in [6, 6.07) is -0.798. The zero-order valence-corrected chi connectivity index (χ0v) is 7.37. The van der Waals surface area contributed by atoms with Gasteiger partial charge in [-0.15, -0.1) is 0 Å². The maximum atomic E-state index is 12.0. The van der Waals surface area contributed by atoms with Crippen molar-refractivity contribution >= 4 is 30.8 Å². The Bertz CT molecular complexity index is 270. The molecule has 10 heteroatoms. The van der Waals surface area contributed by atoms with E-state index < -0.39 is 22.7 Å². The highest BCUT2D eigenvalue weighted by molar-refractivity contribution is 8.14. The Hall–Kier alpha value is -1.06. The van der Waals surface area contributed by atoms with Crippen LogP contribution in [0.3, 0.4) is 0 Å². The third-order valence-electron chi connectivity index (χ3n) is 1.15. The molecule has 0 aromatic rings. The Morgan fingerprint density at radius 1 is 1.64 bits per heavy atom. The number of hydrazone groups is 1. The Morgan fingerprint density at radius 2 is 2.29 bits per heavy atom. The number of rotatable bonds is 1. The second-order valence-corrected chi connectivity index (χ2v) is 3.25. The molecule has 0 fully saturated rings. The maximum absolute atomic E-state index is 12.0. The van der Waals surface area contributed by atoms with E-state index in [4.69, 9.17) is 7.98 Å². The van der Waals surface area contributed by atoms with Gasteiger partial charge in [0, 0.05) is 0 Å². The van der Waals surface area contributed by atoms with Crippen LogP contribution in [-0.4, -0.2) is 30.7 Å². The Morgan fingerprint density at radius 3 is 2.71 bits per heavy atom. The standard InChI is InChI=1S/C4H4BF3N4OS/c5-10-2(13)9-3-12-11-1(14-3)4(6,7)8/h3,12H,(H2,9,10,13). The van der Waals surface area contributed by atoms with Crippen LogP contribution in [0.1, 0.15) is 0 Å². The first-order valence-corrected chi connectivity index (χ1v) is 4.15. The lowest BCUT2D eigenvalue weighted by molar-refractivity contribution is -0.0555. The number of alkyl halides is 3. The molecule has 1 heterocycles. The second kappa shape index (κ2) is 3.99. The smallest absolute Gasteiger partial charge is 0.392 e. The number of carbonyl (C=O) groups excluding carboxylic acids is 1. The predicted octanol–water partition coefficient (Wildman–Crippen LogP) is -0.135. The lowest BCUT2D eigenvalue weighted by atomic mass is 10.4. The summed E-state index contributed by atoms with van der Waals surface area (Å²) in [5, 5.41) is 5.76. The van der Waals surface area contributed by atoms with Gasteiger partial charge in [0.05, 0.1) is 0 Å². The molecule has 5 nitrogen and oxygen atoms in total. The summed E-state index contributed by atoms with van der Waals surface area (Å²) in [6.45, 7) is 0. The lowest BCUT2D eigenvalue weighted by Crippen LogP contribution is -2.43. The third-order valence-corrected chi connectivity index (χ3v) is 2.15.